The molecule has 2 aromatic rings. The second kappa shape index (κ2) is 13.8. The van der Waals surface area contributed by atoms with Crippen molar-refractivity contribution in [3.8, 4) is 0 Å². The van der Waals surface area contributed by atoms with Gasteiger partial charge in [-0.15, -0.1) is 11.8 Å². The average Bonchev–Trinajstić information content (AvgIpc) is 3.27. The van der Waals surface area contributed by atoms with Crippen molar-refractivity contribution < 1.29 is 27.3 Å². The summed E-state index contributed by atoms with van der Waals surface area (Å²) in [5.74, 6) is 0.386. The van der Waals surface area contributed by atoms with Crippen LogP contribution in [0.15, 0.2) is 53.7 Å². The molecule has 2 saturated heterocycles. The summed E-state index contributed by atoms with van der Waals surface area (Å²) in [4.78, 5) is 13.4. The highest BCUT2D eigenvalue weighted by Crippen LogP contribution is 2.39. The van der Waals surface area contributed by atoms with Crippen molar-refractivity contribution in [3.63, 3.8) is 0 Å². The third-order valence-electron chi connectivity index (χ3n) is 5.69. The smallest absolute Gasteiger partial charge is 0.475 e. The van der Waals surface area contributed by atoms with E-state index < -0.39 is 22.9 Å². The van der Waals surface area contributed by atoms with Crippen LogP contribution >= 0.6 is 23.9 Å². The van der Waals surface area contributed by atoms with Crippen molar-refractivity contribution >= 4 is 40.7 Å². The predicted octanol–water partition coefficient (Wildman–Crippen LogP) is 3.75. The Bertz CT molecular complexity index is 1010. The van der Waals surface area contributed by atoms with Gasteiger partial charge in [-0.05, 0) is 35.6 Å². The highest BCUT2D eigenvalue weighted by molar-refractivity contribution is 7.99. The first kappa shape index (κ1) is 28.9. The van der Waals surface area contributed by atoms with Crippen LogP contribution in [0.1, 0.15) is 23.5 Å². The van der Waals surface area contributed by atoms with Crippen molar-refractivity contribution in [3.05, 3.63) is 59.8 Å². The molecule has 36 heavy (non-hydrogen) atoms. The van der Waals surface area contributed by atoms with E-state index in [2.05, 4.69) is 50.0 Å². The van der Waals surface area contributed by atoms with Crippen molar-refractivity contribution in [2.45, 2.75) is 36.1 Å². The van der Waals surface area contributed by atoms with Crippen LogP contribution in [0.5, 0.6) is 0 Å². The molecule has 3 heterocycles. The number of nitrogens with two attached hydrogens (primary N) is 1. The number of aliphatic carboxylic acids is 1. The molecule has 3 N–H and O–H groups in total. The first-order valence-electron chi connectivity index (χ1n) is 11.3. The van der Waals surface area contributed by atoms with E-state index in [0.29, 0.717) is 18.5 Å². The molecule has 13 heteroatoms. The lowest BCUT2D eigenvalue weighted by Gasteiger charge is -2.31. The Balaban J connectivity index is 0.000000454. The van der Waals surface area contributed by atoms with Gasteiger partial charge in [-0.25, -0.2) is 18.4 Å². The number of nitrogens with zero attached hydrogens (tertiary/aromatic N) is 3. The molecule has 4 rings (SSSR count). The van der Waals surface area contributed by atoms with Gasteiger partial charge >= 0.3 is 12.1 Å². The summed E-state index contributed by atoms with van der Waals surface area (Å²) < 4.78 is 48.4. The summed E-state index contributed by atoms with van der Waals surface area (Å²) in [5.41, 5.74) is 8.33. The van der Waals surface area contributed by atoms with Crippen molar-refractivity contribution in [1.29, 1.82) is 0 Å². The SMILES string of the molecule is NCc1ccnc(SCC2CC(c3ccccc3)CN2SN2CCS(=O)CC2)c1.O=C(O)C(F)(F)F. The Kier molecular flexibility index (Phi) is 11.1. The maximum Gasteiger partial charge on any atom is 0.490 e. The molecule has 0 spiro atoms. The second-order valence-electron chi connectivity index (χ2n) is 8.28. The number of carboxylic acids is 1. The molecule has 0 saturated carbocycles. The van der Waals surface area contributed by atoms with Gasteiger partial charge in [0.1, 0.15) is 0 Å². The first-order valence-corrected chi connectivity index (χ1v) is 14.5. The minimum absolute atomic E-state index is 0.478. The number of hydrogen-bond acceptors (Lipinski definition) is 8. The lowest BCUT2D eigenvalue weighted by molar-refractivity contribution is -0.192. The van der Waals surface area contributed by atoms with Gasteiger partial charge in [-0.1, -0.05) is 30.3 Å². The fourth-order valence-corrected chi connectivity index (χ4v) is 7.40. The Morgan fingerprint density at radius 3 is 2.47 bits per heavy atom. The lowest BCUT2D eigenvalue weighted by Crippen LogP contribution is -2.38. The molecule has 0 bridgehead atoms. The van der Waals surface area contributed by atoms with Crippen LogP contribution in [0, 0.1) is 0 Å². The average molecular weight is 563 g/mol. The monoisotopic (exact) mass is 562 g/mol. The van der Waals surface area contributed by atoms with Crippen LogP contribution < -0.4 is 5.73 Å². The summed E-state index contributed by atoms with van der Waals surface area (Å²) in [5, 5.41) is 8.18. The third kappa shape index (κ3) is 9.03. The zero-order chi connectivity index (χ0) is 26.1. The molecule has 0 aliphatic carbocycles. The van der Waals surface area contributed by atoms with Gasteiger partial charge in [0.2, 0.25) is 0 Å². The highest BCUT2D eigenvalue weighted by Gasteiger charge is 2.38. The molecular formula is C23H29F3N4O3S3. The normalized spacial score (nSPS) is 21.7. The number of hydrogen-bond donors (Lipinski definition) is 2. The summed E-state index contributed by atoms with van der Waals surface area (Å²) in [6, 6.07) is 15.4. The minimum atomic E-state index is -5.08. The highest BCUT2D eigenvalue weighted by atomic mass is 32.2. The third-order valence-corrected chi connectivity index (χ3v) is 9.29. The van der Waals surface area contributed by atoms with E-state index in [4.69, 9.17) is 15.6 Å². The van der Waals surface area contributed by atoms with Crippen molar-refractivity contribution in [1.82, 2.24) is 13.6 Å². The molecule has 2 fully saturated rings. The largest absolute Gasteiger partial charge is 0.490 e. The summed E-state index contributed by atoms with van der Waals surface area (Å²) in [6.45, 7) is 3.41. The first-order chi connectivity index (χ1) is 17.2. The molecule has 0 radical (unpaired) electrons. The Labute approximate surface area is 219 Å². The van der Waals surface area contributed by atoms with Crippen LogP contribution in [-0.4, -0.2) is 78.0 Å². The number of thioether (sulfide) groups is 1. The van der Waals surface area contributed by atoms with Crippen LogP contribution in [0.4, 0.5) is 13.2 Å². The lowest BCUT2D eigenvalue weighted by atomic mass is 9.97. The van der Waals surface area contributed by atoms with Crippen molar-refractivity contribution in [2.75, 3.05) is 36.9 Å². The number of halogens is 3. The van der Waals surface area contributed by atoms with Gasteiger partial charge in [0, 0.05) is 78.6 Å². The summed E-state index contributed by atoms with van der Waals surface area (Å²) in [6.07, 6.45) is -2.08. The number of pyridine rings is 1. The van der Waals surface area contributed by atoms with Crippen LogP contribution in [0.3, 0.4) is 0 Å². The number of alkyl halides is 3. The molecule has 1 aromatic carbocycles. The molecule has 7 nitrogen and oxygen atoms in total. The van der Waals surface area contributed by atoms with E-state index in [0.717, 1.165) is 53.9 Å². The van der Waals surface area contributed by atoms with Gasteiger partial charge in [0.15, 0.2) is 0 Å². The number of rotatable bonds is 7. The molecule has 198 valence electrons. The van der Waals surface area contributed by atoms with Crippen LogP contribution in [0.25, 0.3) is 0 Å². The van der Waals surface area contributed by atoms with E-state index in [9.17, 15) is 17.4 Å². The summed E-state index contributed by atoms with van der Waals surface area (Å²) in [7, 11) is -0.637. The van der Waals surface area contributed by atoms with Gasteiger partial charge in [-0.2, -0.15) is 13.2 Å². The van der Waals surface area contributed by atoms with E-state index in [-0.39, 0.29) is 0 Å². The van der Waals surface area contributed by atoms with E-state index in [1.54, 1.807) is 0 Å². The van der Waals surface area contributed by atoms with E-state index in [1.807, 2.05) is 36.2 Å². The van der Waals surface area contributed by atoms with Gasteiger partial charge in [0.25, 0.3) is 0 Å². The second-order valence-corrected chi connectivity index (χ2v) is 12.2. The van der Waals surface area contributed by atoms with E-state index >= 15 is 0 Å². The zero-order valence-corrected chi connectivity index (χ0v) is 21.9. The van der Waals surface area contributed by atoms with Gasteiger partial charge < -0.3 is 10.8 Å². The Morgan fingerprint density at radius 2 is 1.86 bits per heavy atom. The van der Waals surface area contributed by atoms with Crippen molar-refractivity contribution in [2.24, 2.45) is 5.73 Å². The molecule has 2 aliphatic rings. The Hall–Kier alpha value is -1.64. The van der Waals surface area contributed by atoms with E-state index in [1.165, 1.54) is 5.56 Å². The van der Waals surface area contributed by atoms with Crippen LogP contribution in [-0.2, 0) is 22.1 Å². The minimum Gasteiger partial charge on any atom is -0.475 e. The molecule has 0 amide bonds. The van der Waals surface area contributed by atoms with Crippen LogP contribution in [0.2, 0.25) is 0 Å². The molecule has 2 aliphatic heterocycles. The topological polar surface area (TPSA) is 99.8 Å². The molecular weight excluding hydrogens is 533 g/mol. The van der Waals surface area contributed by atoms with Gasteiger partial charge in [-0.3, -0.25) is 4.21 Å². The van der Waals surface area contributed by atoms with Gasteiger partial charge in [0.05, 0.1) is 5.03 Å². The number of carboxylic acid groups (broad SMARTS) is 1. The predicted molar refractivity (Wildman–Crippen MR) is 138 cm³/mol. The molecule has 2 unspecified atom stereocenters. The number of benzene rings is 1. The summed E-state index contributed by atoms with van der Waals surface area (Å²) >= 11 is 3.68. The zero-order valence-electron chi connectivity index (χ0n) is 19.5. The fourth-order valence-electron chi connectivity index (χ4n) is 3.79. The maximum absolute atomic E-state index is 11.7. The number of carbonyl (C=O) groups is 1. The Morgan fingerprint density at radius 1 is 1.19 bits per heavy atom. The quantitative estimate of drug-likeness (QED) is 0.386. The molecule has 2 atom stereocenters. The molecule has 1 aromatic heterocycles. The fraction of sp³-hybridized carbons (Fsp3) is 0.478. The number of aromatic nitrogens is 1. The maximum atomic E-state index is 11.7. The standard InChI is InChI=1S/C21H28N4OS3.C2HF3O2/c22-14-17-6-7-23-21(12-17)27-16-20-13-19(18-4-2-1-3-5-18)15-25(20)28-24-8-10-29(26)11-9-24;3-2(4,5)1(6)7/h1-7,12,19-20H,8-11,13-16,22H2;(H,6,7).